The van der Waals surface area contributed by atoms with Crippen molar-refractivity contribution in [3.05, 3.63) is 54.6 Å². The lowest BCUT2D eigenvalue weighted by Crippen LogP contribution is -2.23. The highest BCUT2D eigenvalue weighted by molar-refractivity contribution is 9.13. The van der Waals surface area contributed by atoms with Crippen molar-refractivity contribution in [2.24, 2.45) is 0 Å². The Kier molecular flexibility index (Phi) is 5.72. The van der Waals surface area contributed by atoms with Gasteiger partial charge in [0.1, 0.15) is 0 Å². The monoisotopic (exact) mass is 423 g/mol. The van der Waals surface area contributed by atoms with E-state index in [4.69, 9.17) is 0 Å². The van der Waals surface area contributed by atoms with Gasteiger partial charge in [0.2, 0.25) is 0 Å². The van der Waals surface area contributed by atoms with E-state index in [-0.39, 0.29) is 6.04 Å². The molecule has 1 nitrogen and oxygen atoms in total. The summed E-state index contributed by atoms with van der Waals surface area (Å²) >= 11 is 8.36. The largest absolute Gasteiger partial charge is 0.306 e. The first-order valence-corrected chi connectivity index (χ1v) is 8.56. The van der Waals surface area contributed by atoms with Gasteiger partial charge >= 0.3 is 0 Å². The second-order valence-electron chi connectivity index (χ2n) is 4.30. The molecule has 0 saturated carbocycles. The van der Waals surface area contributed by atoms with E-state index in [2.05, 4.69) is 37.2 Å². The summed E-state index contributed by atoms with van der Waals surface area (Å²) in [4.78, 5) is 0.932. The van der Waals surface area contributed by atoms with Crippen molar-refractivity contribution < 1.29 is 8.78 Å². The van der Waals surface area contributed by atoms with Gasteiger partial charge in [0.25, 0.3) is 0 Å². The summed E-state index contributed by atoms with van der Waals surface area (Å²) in [5.41, 5.74) is 0.333. The van der Waals surface area contributed by atoms with E-state index >= 15 is 0 Å². The maximum Gasteiger partial charge on any atom is 0.163 e. The highest BCUT2D eigenvalue weighted by Gasteiger charge is 2.22. The lowest BCUT2D eigenvalue weighted by molar-refractivity contribution is 0.481. The fraction of sp³-hybridized carbons (Fsp3) is 0.286. The molecule has 0 aliphatic heterocycles. The van der Waals surface area contributed by atoms with Gasteiger partial charge in [-0.3, -0.25) is 0 Å². The van der Waals surface area contributed by atoms with E-state index in [0.29, 0.717) is 5.56 Å². The summed E-state index contributed by atoms with van der Waals surface area (Å²) in [6, 6.07) is 5.86. The molecule has 20 heavy (non-hydrogen) atoms. The zero-order chi connectivity index (χ0) is 14.7. The minimum absolute atomic E-state index is 0.333. The van der Waals surface area contributed by atoms with Crippen molar-refractivity contribution in [2.45, 2.75) is 19.4 Å². The minimum atomic E-state index is -0.819. The molecule has 0 fully saturated rings. The Balaban J connectivity index is 2.44. The normalized spacial score (nSPS) is 12.7. The predicted molar refractivity (Wildman–Crippen MR) is 86.2 cm³/mol. The molecule has 0 radical (unpaired) electrons. The Morgan fingerprint density at radius 2 is 2.05 bits per heavy atom. The highest BCUT2D eigenvalue weighted by atomic mass is 79.9. The molecular weight excluding hydrogens is 412 g/mol. The molecule has 1 aromatic heterocycles. The number of thiophene rings is 1. The quantitative estimate of drug-likeness (QED) is 0.654. The second-order valence-corrected chi connectivity index (χ2v) is 7.56. The maximum absolute atomic E-state index is 14.0. The third-order valence-corrected chi connectivity index (χ3v) is 6.16. The molecule has 1 aromatic carbocycles. The molecule has 0 bridgehead atoms. The van der Waals surface area contributed by atoms with Gasteiger partial charge in [0, 0.05) is 14.9 Å². The van der Waals surface area contributed by atoms with Crippen LogP contribution in [0.15, 0.2) is 32.5 Å². The fourth-order valence-corrected chi connectivity index (χ4v) is 4.09. The number of nitrogens with one attached hydrogen (secondary N) is 1. The molecule has 0 saturated heterocycles. The first kappa shape index (κ1) is 16.1. The van der Waals surface area contributed by atoms with Gasteiger partial charge in [0.05, 0.1) is 9.83 Å². The Labute approximate surface area is 137 Å². The van der Waals surface area contributed by atoms with Crippen LogP contribution in [-0.2, 0) is 0 Å². The lowest BCUT2D eigenvalue weighted by Gasteiger charge is -2.18. The molecule has 1 atom stereocenters. The van der Waals surface area contributed by atoms with Crippen molar-refractivity contribution in [1.29, 1.82) is 0 Å². The van der Waals surface area contributed by atoms with Gasteiger partial charge in [-0.05, 0) is 57.0 Å². The standard InChI is InChI=1S/C14H13Br2F2NS/c1-2-6-19-13(11-7-9(15)14(16)20-11)8-4-3-5-10(17)12(8)18/h3-5,7,13,19H,2,6H2,1H3. The third kappa shape index (κ3) is 3.47. The molecule has 2 aromatic rings. The summed E-state index contributed by atoms with van der Waals surface area (Å²) in [5, 5.41) is 3.27. The fourth-order valence-electron chi connectivity index (χ4n) is 1.90. The first-order chi connectivity index (χ1) is 9.54. The van der Waals surface area contributed by atoms with E-state index in [1.807, 2.05) is 13.0 Å². The molecule has 0 aliphatic carbocycles. The smallest absolute Gasteiger partial charge is 0.163 e. The average Bonchev–Trinajstić information content (AvgIpc) is 2.74. The summed E-state index contributed by atoms with van der Waals surface area (Å²) in [7, 11) is 0. The first-order valence-electron chi connectivity index (χ1n) is 6.16. The zero-order valence-corrected chi connectivity index (χ0v) is 14.7. The van der Waals surface area contributed by atoms with E-state index in [0.717, 1.165) is 32.2 Å². The van der Waals surface area contributed by atoms with Crippen molar-refractivity contribution >= 4 is 43.2 Å². The number of hydrogen-bond donors (Lipinski definition) is 1. The number of halogens is 4. The van der Waals surface area contributed by atoms with Gasteiger partial charge in [-0.1, -0.05) is 19.1 Å². The van der Waals surface area contributed by atoms with Crippen LogP contribution in [0.1, 0.15) is 29.8 Å². The van der Waals surface area contributed by atoms with Crippen LogP contribution in [0, 0.1) is 11.6 Å². The van der Waals surface area contributed by atoms with Crippen LogP contribution >= 0.6 is 43.2 Å². The van der Waals surface area contributed by atoms with Crippen LogP contribution in [0.2, 0.25) is 0 Å². The zero-order valence-electron chi connectivity index (χ0n) is 10.7. The van der Waals surface area contributed by atoms with Crippen molar-refractivity contribution in [3.8, 4) is 0 Å². The highest BCUT2D eigenvalue weighted by Crippen LogP contribution is 2.38. The Bertz CT molecular complexity index is 581. The van der Waals surface area contributed by atoms with Crippen LogP contribution in [0.25, 0.3) is 0 Å². The van der Waals surface area contributed by atoms with Crippen LogP contribution in [0.4, 0.5) is 8.78 Å². The van der Waals surface area contributed by atoms with Crippen LogP contribution in [0.5, 0.6) is 0 Å². The summed E-state index contributed by atoms with van der Waals surface area (Å²) in [5.74, 6) is -1.61. The van der Waals surface area contributed by atoms with Crippen LogP contribution in [0.3, 0.4) is 0 Å². The van der Waals surface area contributed by atoms with Gasteiger partial charge in [-0.2, -0.15) is 0 Å². The number of benzene rings is 1. The van der Waals surface area contributed by atoms with E-state index in [1.54, 1.807) is 6.07 Å². The lowest BCUT2D eigenvalue weighted by atomic mass is 10.0. The SMILES string of the molecule is CCCNC(c1cc(Br)c(Br)s1)c1cccc(F)c1F. The van der Waals surface area contributed by atoms with Crippen LogP contribution in [-0.4, -0.2) is 6.54 Å². The Morgan fingerprint density at radius 1 is 1.30 bits per heavy atom. The molecule has 6 heteroatoms. The molecule has 1 heterocycles. The summed E-state index contributed by atoms with van der Waals surface area (Å²) in [6.45, 7) is 2.76. The molecule has 0 amide bonds. The maximum atomic E-state index is 14.0. The molecule has 1 unspecified atom stereocenters. The van der Waals surface area contributed by atoms with Gasteiger partial charge < -0.3 is 5.32 Å². The van der Waals surface area contributed by atoms with Crippen molar-refractivity contribution in [2.75, 3.05) is 6.54 Å². The van der Waals surface area contributed by atoms with Crippen LogP contribution < -0.4 is 5.32 Å². The van der Waals surface area contributed by atoms with E-state index < -0.39 is 11.6 Å². The molecular formula is C14H13Br2F2NS. The summed E-state index contributed by atoms with van der Waals surface area (Å²) in [6.07, 6.45) is 0.918. The van der Waals surface area contributed by atoms with Gasteiger partial charge in [-0.25, -0.2) is 8.78 Å². The van der Waals surface area contributed by atoms with Gasteiger partial charge in [0.15, 0.2) is 11.6 Å². The van der Waals surface area contributed by atoms with E-state index in [1.165, 1.54) is 17.4 Å². The van der Waals surface area contributed by atoms with Crippen molar-refractivity contribution in [1.82, 2.24) is 5.32 Å². The molecule has 0 spiro atoms. The van der Waals surface area contributed by atoms with E-state index in [9.17, 15) is 8.78 Å². The molecule has 2 rings (SSSR count). The predicted octanol–water partition coefficient (Wildman–Crippen LogP) is 5.64. The minimum Gasteiger partial charge on any atom is -0.306 e. The topological polar surface area (TPSA) is 12.0 Å². The van der Waals surface area contributed by atoms with Gasteiger partial charge in [-0.15, -0.1) is 11.3 Å². The summed E-state index contributed by atoms with van der Waals surface area (Å²) < 4.78 is 29.3. The Hall–Kier alpha value is -0.300. The Morgan fingerprint density at radius 3 is 2.65 bits per heavy atom. The molecule has 108 valence electrons. The number of hydrogen-bond acceptors (Lipinski definition) is 2. The van der Waals surface area contributed by atoms with Crippen molar-refractivity contribution in [3.63, 3.8) is 0 Å². The molecule has 0 aliphatic rings. The molecule has 1 N–H and O–H groups in total. The second kappa shape index (κ2) is 7.11. The third-order valence-electron chi connectivity index (χ3n) is 2.84. The number of rotatable bonds is 5. The average molecular weight is 425 g/mol.